The van der Waals surface area contributed by atoms with Crippen LogP contribution < -0.4 is 4.74 Å². The van der Waals surface area contributed by atoms with E-state index < -0.39 is 0 Å². The Kier molecular flexibility index (Phi) is 10.4. The van der Waals surface area contributed by atoms with Crippen LogP contribution in [0.5, 0.6) is 11.8 Å². The van der Waals surface area contributed by atoms with Gasteiger partial charge in [0.1, 0.15) is 0 Å². The van der Waals surface area contributed by atoms with Gasteiger partial charge in [-0.25, -0.2) is 0 Å². The summed E-state index contributed by atoms with van der Waals surface area (Å²) in [5, 5.41) is 12.1. The summed E-state index contributed by atoms with van der Waals surface area (Å²) in [7, 11) is 0. The topological polar surface area (TPSA) is 35.0 Å². The number of pyridine rings is 2. The first-order chi connectivity index (χ1) is 27.4. The van der Waals surface area contributed by atoms with Gasteiger partial charge in [0.05, 0.1) is 0 Å². The van der Waals surface area contributed by atoms with Crippen LogP contribution in [0, 0.1) is 12.1 Å². The number of ether oxygens (including phenoxy) is 1. The van der Waals surface area contributed by atoms with Crippen molar-refractivity contribution in [3.05, 3.63) is 181 Å². The smallest absolute Gasteiger partial charge is 0.422 e. The molecule has 0 radical (unpaired) electrons. The quantitative estimate of drug-likeness (QED) is 0.166. The van der Waals surface area contributed by atoms with Crippen LogP contribution in [0.2, 0.25) is 0 Å². The number of fused-ring (bicyclic) bond motifs is 18. The van der Waals surface area contributed by atoms with Crippen molar-refractivity contribution in [2.75, 3.05) is 0 Å². The maximum Gasteiger partial charge on any atom is 2.00 e. The van der Waals surface area contributed by atoms with Crippen LogP contribution >= 0.6 is 0 Å². The predicted molar refractivity (Wildman–Crippen MR) is 241 cm³/mol. The van der Waals surface area contributed by atoms with E-state index in [1.54, 1.807) is 0 Å². The third-order valence-electron chi connectivity index (χ3n) is 10.8. The Hall–Kier alpha value is -5.89. The summed E-state index contributed by atoms with van der Waals surface area (Å²) in [4.78, 5) is 10.2. The number of rotatable bonds is 3. The van der Waals surface area contributed by atoms with Crippen molar-refractivity contribution in [3.8, 4) is 23.0 Å². The van der Waals surface area contributed by atoms with Crippen molar-refractivity contribution < 1.29 is 25.8 Å². The molecule has 0 N–H and O–H groups in total. The van der Waals surface area contributed by atoms with Crippen molar-refractivity contribution in [3.63, 3.8) is 0 Å². The number of nitrogens with zero attached hydrogens (tertiary/aromatic N) is 2. The van der Waals surface area contributed by atoms with Crippen LogP contribution in [0.4, 0.5) is 0 Å². The van der Waals surface area contributed by atoms with Gasteiger partial charge in [0, 0.05) is 12.1 Å². The van der Waals surface area contributed by atoms with Gasteiger partial charge < -0.3 is 4.74 Å². The van der Waals surface area contributed by atoms with E-state index >= 15 is 0 Å². The molecule has 2 heterocycles. The molecule has 0 saturated heterocycles. The van der Waals surface area contributed by atoms with Gasteiger partial charge >= 0.3 is 21.1 Å². The molecule has 0 saturated carbocycles. The monoisotopic (exact) mass is 931 g/mol. The average Bonchev–Trinajstić information content (AvgIpc) is 3.23. The molecule has 3 nitrogen and oxygen atoms in total. The van der Waals surface area contributed by atoms with Gasteiger partial charge in [-0.05, 0) is 100 Å². The van der Waals surface area contributed by atoms with Crippen LogP contribution in [-0.2, 0) is 31.9 Å². The van der Waals surface area contributed by atoms with Crippen molar-refractivity contribution in [1.82, 2.24) is 9.97 Å². The number of aromatic nitrogens is 2. The van der Waals surface area contributed by atoms with Gasteiger partial charge in [-0.3, -0.25) is 9.97 Å². The molecule has 12 bridgehead atoms. The molecule has 9 rings (SSSR count). The van der Waals surface area contributed by atoms with Gasteiger partial charge in [0.25, 0.3) is 0 Å². The molecule has 0 unspecified atom stereocenters. The number of benzene rings is 6. The molecule has 9 aromatic rings. The molecule has 0 aliphatic rings. The van der Waals surface area contributed by atoms with Crippen molar-refractivity contribution in [2.45, 2.75) is 52.4 Å². The molecule has 0 aliphatic heterocycles. The predicted octanol–water partition coefficient (Wildman–Crippen LogP) is 14.7. The Balaban J connectivity index is 0.00000469. The molecule has 4 heteroatoms. The molecular weight excluding hydrogens is 888 g/mol. The number of hydrogen-bond donors (Lipinski definition) is 0. The fraction of sp³-hybridized carbons (Fsp3) is 0.148. The normalized spacial score (nSPS) is 11.8. The number of hydrogen-bond acceptors (Lipinski definition) is 3. The molecular formula is C54H44N2OPt. The minimum atomic E-state index is -0.148. The molecule has 286 valence electrons. The van der Waals surface area contributed by atoms with Crippen molar-refractivity contribution in [1.29, 1.82) is 0 Å². The third-order valence-corrected chi connectivity index (χ3v) is 10.8. The minimum absolute atomic E-state index is 0. The Bertz CT molecular complexity index is 2990. The summed E-state index contributed by atoms with van der Waals surface area (Å²) in [5.74, 6) is 0.945. The summed E-state index contributed by atoms with van der Waals surface area (Å²) in [5.41, 5.74) is 4.70. The fourth-order valence-corrected chi connectivity index (χ4v) is 7.49. The molecule has 0 atom stereocenters. The van der Waals surface area contributed by atoms with Gasteiger partial charge in [-0.1, -0.05) is 126 Å². The second-order valence-electron chi connectivity index (χ2n) is 17.1. The van der Waals surface area contributed by atoms with E-state index in [0.29, 0.717) is 11.8 Å². The van der Waals surface area contributed by atoms with E-state index in [9.17, 15) is 0 Å². The molecule has 2 aromatic heterocycles. The maximum absolute atomic E-state index is 6.76. The fourth-order valence-electron chi connectivity index (χ4n) is 7.49. The first kappa shape index (κ1) is 39.0. The van der Waals surface area contributed by atoms with Crippen LogP contribution in [0.25, 0.3) is 76.0 Å². The molecule has 58 heavy (non-hydrogen) atoms. The molecule has 7 aromatic carbocycles. The van der Waals surface area contributed by atoms with Crippen LogP contribution in [0.1, 0.15) is 52.7 Å². The largest absolute Gasteiger partial charge is 2.00 e. The summed E-state index contributed by atoms with van der Waals surface area (Å²) < 4.78 is 6.76. The second kappa shape index (κ2) is 15.5. The SMILES string of the molecule is CC(C)(C)c1cc[c-]c(-c2cc(C(C)(C)C)cc(Oc3cc4cc(n3)c3[c-]ccc(c3)c3cccc(c3)c3cccc(c3)c3cccc(c3)c3cccc4c3)n2)c1.[Pt+2]. The van der Waals surface area contributed by atoms with E-state index in [4.69, 9.17) is 14.7 Å². The van der Waals surface area contributed by atoms with Crippen LogP contribution in [0.3, 0.4) is 0 Å². The first-order valence-electron chi connectivity index (χ1n) is 19.6. The Morgan fingerprint density at radius 3 is 1.40 bits per heavy atom. The zero-order valence-electron chi connectivity index (χ0n) is 33.6. The van der Waals surface area contributed by atoms with Gasteiger partial charge in [0.2, 0.25) is 11.8 Å². The average molecular weight is 932 g/mol. The van der Waals surface area contributed by atoms with E-state index in [1.807, 2.05) is 24.3 Å². The van der Waals surface area contributed by atoms with E-state index in [2.05, 4.69) is 187 Å². The van der Waals surface area contributed by atoms with Gasteiger partial charge in [0.15, 0.2) is 0 Å². The minimum Gasteiger partial charge on any atom is -0.422 e. The van der Waals surface area contributed by atoms with Gasteiger partial charge in [-0.2, -0.15) is 0 Å². The molecule has 0 amide bonds. The van der Waals surface area contributed by atoms with E-state index in [0.717, 1.165) is 65.4 Å². The second-order valence-corrected chi connectivity index (χ2v) is 17.1. The molecule has 0 spiro atoms. The third kappa shape index (κ3) is 8.10. The van der Waals surface area contributed by atoms with Crippen LogP contribution in [-0.4, -0.2) is 9.97 Å². The standard InChI is InChI=1S/C54H44N2O.Pt/c1-53(2,3)47-24-12-23-45(30-47)50-33-48(54(4,5)6)34-52(56-50)57-51-32-46-31-49(55-51)44-22-11-20-42(29-44)40-18-9-16-38(27-40)36-14-7-13-35(25-36)37-15-8-17-39(26-37)41-19-10-21-43(46)28-41;/h7-21,24-34H,1-6H3;/q-2;+2. The zero-order chi connectivity index (χ0) is 39.3. The first-order valence-corrected chi connectivity index (χ1v) is 19.6. The van der Waals surface area contributed by atoms with Crippen LogP contribution in [0.15, 0.2) is 158 Å². The summed E-state index contributed by atoms with van der Waals surface area (Å²) in [6, 6.07) is 62.9. The maximum atomic E-state index is 6.76. The van der Waals surface area contributed by atoms with Crippen molar-refractivity contribution in [2.24, 2.45) is 0 Å². The van der Waals surface area contributed by atoms with E-state index in [1.165, 1.54) is 21.7 Å². The van der Waals surface area contributed by atoms with E-state index in [-0.39, 0.29) is 31.9 Å². The Morgan fingerprint density at radius 1 is 0.414 bits per heavy atom. The van der Waals surface area contributed by atoms with Crippen molar-refractivity contribution >= 4 is 64.8 Å². The Morgan fingerprint density at radius 2 is 0.879 bits per heavy atom. The zero-order valence-corrected chi connectivity index (χ0v) is 35.9. The van der Waals surface area contributed by atoms with Gasteiger partial charge in [-0.15, -0.1) is 70.4 Å². The summed E-state index contributed by atoms with van der Waals surface area (Å²) in [6.45, 7) is 13.3. The Labute approximate surface area is 355 Å². The summed E-state index contributed by atoms with van der Waals surface area (Å²) >= 11 is 0. The molecule has 0 aliphatic carbocycles. The molecule has 0 fully saturated rings. The summed E-state index contributed by atoms with van der Waals surface area (Å²) in [6.07, 6.45) is 0.